The molecule has 0 aliphatic carbocycles. The van der Waals surface area contributed by atoms with Crippen LogP contribution in [0.25, 0.3) is 0 Å². The number of hydrogen-bond donors (Lipinski definition) is 1. The molecule has 1 unspecified atom stereocenters. The Kier molecular flexibility index (Phi) is 8.19. The number of aromatic nitrogens is 1. The molecule has 1 amide bonds. The highest BCUT2D eigenvalue weighted by Crippen LogP contribution is 2.35. The molecule has 0 radical (unpaired) electrons. The lowest BCUT2D eigenvalue weighted by molar-refractivity contribution is -0.120. The van der Waals surface area contributed by atoms with Gasteiger partial charge in [-0.25, -0.2) is 0 Å². The lowest BCUT2D eigenvalue weighted by Crippen LogP contribution is -2.27. The Morgan fingerprint density at radius 2 is 1.59 bits per heavy atom. The van der Waals surface area contributed by atoms with Gasteiger partial charge in [0.2, 0.25) is 5.91 Å². The van der Waals surface area contributed by atoms with Crippen LogP contribution >= 0.6 is 11.8 Å². The van der Waals surface area contributed by atoms with E-state index in [9.17, 15) is 4.79 Å². The fourth-order valence-corrected chi connectivity index (χ4v) is 4.47. The van der Waals surface area contributed by atoms with E-state index in [0.717, 1.165) is 21.6 Å². The van der Waals surface area contributed by atoms with Gasteiger partial charge in [0.25, 0.3) is 0 Å². The molecule has 6 heteroatoms. The SMILES string of the molecule is COc1cc(CNC(=O)C(Sc2ccccc2)c2ccccc2)ccc1OCc1ccncc1. The highest BCUT2D eigenvalue weighted by Gasteiger charge is 2.22. The van der Waals surface area contributed by atoms with Gasteiger partial charge in [0.15, 0.2) is 11.5 Å². The molecule has 0 saturated carbocycles. The zero-order valence-electron chi connectivity index (χ0n) is 18.9. The summed E-state index contributed by atoms with van der Waals surface area (Å²) in [5.41, 5.74) is 2.92. The molecule has 4 aromatic rings. The van der Waals surface area contributed by atoms with Gasteiger partial charge in [0.1, 0.15) is 11.9 Å². The maximum Gasteiger partial charge on any atom is 0.238 e. The van der Waals surface area contributed by atoms with Crippen LogP contribution in [-0.4, -0.2) is 18.0 Å². The van der Waals surface area contributed by atoms with Crippen molar-refractivity contribution in [2.75, 3.05) is 7.11 Å². The second kappa shape index (κ2) is 11.9. The van der Waals surface area contributed by atoms with Gasteiger partial charge in [0, 0.05) is 23.8 Å². The van der Waals surface area contributed by atoms with Crippen LogP contribution in [-0.2, 0) is 17.9 Å². The lowest BCUT2D eigenvalue weighted by atomic mass is 10.1. The van der Waals surface area contributed by atoms with Crippen molar-refractivity contribution in [2.24, 2.45) is 0 Å². The number of hydrogen-bond acceptors (Lipinski definition) is 5. The fourth-order valence-electron chi connectivity index (χ4n) is 3.40. The van der Waals surface area contributed by atoms with Crippen molar-refractivity contribution in [3.05, 3.63) is 120 Å². The standard InChI is InChI=1S/C28H26N2O3S/c1-32-26-18-22(12-13-25(26)33-20-21-14-16-29-17-15-21)19-30-28(31)27(23-8-4-2-5-9-23)34-24-10-6-3-7-11-24/h2-18,27H,19-20H2,1H3,(H,30,31). The number of ether oxygens (including phenoxy) is 2. The Morgan fingerprint density at radius 1 is 0.882 bits per heavy atom. The van der Waals surface area contributed by atoms with Gasteiger partial charge in [-0.05, 0) is 53.1 Å². The summed E-state index contributed by atoms with van der Waals surface area (Å²) in [5, 5.41) is 2.73. The minimum absolute atomic E-state index is 0.0444. The molecule has 1 heterocycles. The largest absolute Gasteiger partial charge is 0.493 e. The minimum Gasteiger partial charge on any atom is -0.493 e. The number of methoxy groups -OCH3 is 1. The summed E-state index contributed by atoms with van der Waals surface area (Å²) < 4.78 is 11.4. The van der Waals surface area contributed by atoms with Gasteiger partial charge in [-0.2, -0.15) is 0 Å². The predicted octanol–water partition coefficient (Wildman–Crippen LogP) is 5.82. The van der Waals surface area contributed by atoms with Gasteiger partial charge < -0.3 is 14.8 Å². The lowest BCUT2D eigenvalue weighted by Gasteiger charge is -2.18. The summed E-state index contributed by atoms with van der Waals surface area (Å²) in [5.74, 6) is 1.23. The molecular weight excluding hydrogens is 444 g/mol. The van der Waals surface area contributed by atoms with Crippen LogP contribution in [0.4, 0.5) is 0 Å². The summed E-state index contributed by atoms with van der Waals surface area (Å²) >= 11 is 1.54. The fraction of sp³-hybridized carbons (Fsp3) is 0.143. The molecule has 172 valence electrons. The van der Waals surface area contributed by atoms with Gasteiger partial charge in [-0.3, -0.25) is 9.78 Å². The first-order valence-corrected chi connectivity index (χ1v) is 11.8. The van der Waals surface area contributed by atoms with E-state index in [2.05, 4.69) is 10.3 Å². The van der Waals surface area contributed by atoms with Crippen molar-refractivity contribution < 1.29 is 14.3 Å². The topological polar surface area (TPSA) is 60.5 Å². The number of thioether (sulfide) groups is 1. The highest BCUT2D eigenvalue weighted by atomic mass is 32.2. The predicted molar refractivity (Wildman–Crippen MR) is 135 cm³/mol. The highest BCUT2D eigenvalue weighted by molar-refractivity contribution is 8.00. The van der Waals surface area contributed by atoms with Gasteiger partial charge in [0.05, 0.1) is 7.11 Å². The molecule has 0 bridgehead atoms. The first kappa shape index (κ1) is 23.4. The Labute approximate surface area is 204 Å². The van der Waals surface area contributed by atoms with E-state index in [-0.39, 0.29) is 11.2 Å². The molecular formula is C28H26N2O3S. The Morgan fingerprint density at radius 3 is 2.29 bits per heavy atom. The third-order valence-corrected chi connectivity index (χ3v) is 6.44. The summed E-state index contributed by atoms with van der Waals surface area (Å²) in [4.78, 5) is 18.3. The van der Waals surface area contributed by atoms with E-state index < -0.39 is 0 Å². The number of pyridine rings is 1. The second-order valence-electron chi connectivity index (χ2n) is 7.57. The number of rotatable bonds is 10. The third kappa shape index (κ3) is 6.39. The van der Waals surface area contributed by atoms with Crippen LogP contribution in [0.2, 0.25) is 0 Å². The average molecular weight is 471 g/mol. The molecule has 1 atom stereocenters. The molecule has 1 aromatic heterocycles. The number of carbonyl (C=O) groups is 1. The summed E-state index contributed by atoms with van der Waals surface area (Å²) in [6.45, 7) is 0.808. The minimum atomic E-state index is -0.353. The second-order valence-corrected chi connectivity index (χ2v) is 8.75. The van der Waals surface area contributed by atoms with Crippen molar-refractivity contribution in [3.63, 3.8) is 0 Å². The molecule has 4 rings (SSSR count). The maximum absolute atomic E-state index is 13.2. The van der Waals surface area contributed by atoms with Crippen molar-refractivity contribution in [1.82, 2.24) is 10.3 Å². The van der Waals surface area contributed by atoms with E-state index >= 15 is 0 Å². The van der Waals surface area contributed by atoms with E-state index in [1.165, 1.54) is 11.8 Å². The molecule has 0 fully saturated rings. The maximum atomic E-state index is 13.2. The van der Waals surface area contributed by atoms with Crippen LogP contribution in [0, 0.1) is 0 Å². The van der Waals surface area contributed by atoms with Gasteiger partial charge >= 0.3 is 0 Å². The molecule has 0 aliphatic heterocycles. The molecule has 5 nitrogen and oxygen atoms in total. The number of nitrogens with one attached hydrogen (secondary N) is 1. The first-order valence-electron chi connectivity index (χ1n) is 11.0. The summed E-state index contributed by atoms with van der Waals surface area (Å²) in [7, 11) is 1.61. The quantitative estimate of drug-likeness (QED) is 0.296. The number of carbonyl (C=O) groups excluding carboxylic acids is 1. The van der Waals surface area contributed by atoms with E-state index in [1.54, 1.807) is 19.5 Å². The average Bonchev–Trinajstić information content (AvgIpc) is 2.91. The Balaban J connectivity index is 1.42. The normalized spacial score (nSPS) is 11.4. The molecule has 34 heavy (non-hydrogen) atoms. The van der Waals surface area contributed by atoms with E-state index in [0.29, 0.717) is 24.7 Å². The zero-order valence-corrected chi connectivity index (χ0v) is 19.7. The third-order valence-electron chi connectivity index (χ3n) is 5.18. The molecule has 3 aromatic carbocycles. The van der Waals surface area contributed by atoms with Crippen molar-refractivity contribution in [1.29, 1.82) is 0 Å². The van der Waals surface area contributed by atoms with Crippen molar-refractivity contribution in [3.8, 4) is 11.5 Å². The smallest absolute Gasteiger partial charge is 0.238 e. The molecule has 0 aliphatic rings. The summed E-state index contributed by atoms with van der Waals surface area (Å²) in [6, 6.07) is 29.3. The van der Waals surface area contributed by atoms with Gasteiger partial charge in [-0.1, -0.05) is 54.6 Å². The van der Waals surface area contributed by atoms with Gasteiger partial charge in [-0.15, -0.1) is 11.8 Å². The molecule has 0 spiro atoms. The van der Waals surface area contributed by atoms with Crippen LogP contribution in [0.3, 0.4) is 0 Å². The number of nitrogens with zero attached hydrogens (tertiary/aromatic N) is 1. The number of amides is 1. The van der Waals surface area contributed by atoms with Crippen LogP contribution in [0.5, 0.6) is 11.5 Å². The van der Waals surface area contributed by atoms with Crippen molar-refractivity contribution >= 4 is 17.7 Å². The Bertz CT molecular complexity index is 1190. The zero-order chi connectivity index (χ0) is 23.6. The Hall–Kier alpha value is -3.77. The van der Waals surface area contributed by atoms with Crippen LogP contribution < -0.4 is 14.8 Å². The van der Waals surface area contributed by atoms with Crippen molar-refractivity contribution in [2.45, 2.75) is 23.3 Å². The number of benzene rings is 3. The van der Waals surface area contributed by atoms with E-state index in [1.807, 2.05) is 91.0 Å². The summed E-state index contributed by atoms with van der Waals surface area (Å²) in [6.07, 6.45) is 3.47. The van der Waals surface area contributed by atoms with Crippen LogP contribution in [0.15, 0.2) is 108 Å². The van der Waals surface area contributed by atoms with Crippen LogP contribution in [0.1, 0.15) is 21.9 Å². The first-order chi connectivity index (χ1) is 16.7. The molecule has 0 saturated heterocycles. The molecule has 1 N–H and O–H groups in total. The monoisotopic (exact) mass is 470 g/mol. The van der Waals surface area contributed by atoms with E-state index in [4.69, 9.17) is 9.47 Å².